The van der Waals surface area contributed by atoms with Crippen LogP contribution >= 0.6 is 0 Å². The number of piperazine rings is 1. The fourth-order valence-corrected chi connectivity index (χ4v) is 3.49. The van der Waals surface area contributed by atoms with Gasteiger partial charge < -0.3 is 15.1 Å². The van der Waals surface area contributed by atoms with Gasteiger partial charge in [0.1, 0.15) is 0 Å². The maximum Gasteiger partial charge on any atom is 0.236 e. The molecule has 0 aromatic carbocycles. The van der Waals surface area contributed by atoms with Crippen molar-refractivity contribution in [2.45, 2.75) is 37.8 Å². The molecule has 0 aromatic rings. The van der Waals surface area contributed by atoms with E-state index in [1.807, 2.05) is 0 Å². The standard InChI is InChI=1S/C12H21N3O/c16-12-9-13-4-7-15(12)11-3-6-14-5-1-2-10(14)8-11/h10-11,13H,1-9H2. The van der Waals surface area contributed by atoms with Crippen molar-refractivity contribution in [1.29, 1.82) is 0 Å². The third kappa shape index (κ3) is 1.84. The second-order valence-electron chi connectivity index (χ2n) is 5.27. The molecule has 3 aliphatic rings. The van der Waals surface area contributed by atoms with E-state index in [0.29, 0.717) is 18.5 Å². The summed E-state index contributed by atoms with van der Waals surface area (Å²) in [5.74, 6) is 0.308. The fraction of sp³-hybridized carbons (Fsp3) is 0.917. The molecule has 0 radical (unpaired) electrons. The molecule has 90 valence electrons. The van der Waals surface area contributed by atoms with Crippen LogP contribution < -0.4 is 5.32 Å². The number of nitrogens with one attached hydrogen (secondary N) is 1. The van der Waals surface area contributed by atoms with Gasteiger partial charge in [0, 0.05) is 31.7 Å². The summed E-state index contributed by atoms with van der Waals surface area (Å²) in [5, 5.41) is 3.15. The Hall–Kier alpha value is -0.610. The third-order valence-electron chi connectivity index (χ3n) is 4.36. The summed E-state index contributed by atoms with van der Waals surface area (Å²) in [5.41, 5.74) is 0. The fourth-order valence-electron chi connectivity index (χ4n) is 3.49. The third-order valence-corrected chi connectivity index (χ3v) is 4.36. The van der Waals surface area contributed by atoms with E-state index in [1.54, 1.807) is 0 Å². The largest absolute Gasteiger partial charge is 0.337 e. The molecule has 1 N–H and O–H groups in total. The predicted molar refractivity (Wildman–Crippen MR) is 62.2 cm³/mol. The average molecular weight is 223 g/mol. The van der Waals surface area contributed by atoms with Crippen LogP contribution in [0.4, 0.5) is 0 Å². The SMILES string of the molecule is O=C1CNCCN1C1CCN2CCCC2C1. The van der Waals surface area contributed by atoms with E-state index in [-0.39, 0.29) is 0 Å². The molecule has 1 amide bonds. The maximum atomic E-state index is 11.8. The summed E-state index contributed by atoms with van der Waals surface area (Å²) in [4.78, 5) is 16.6. The molecule has 0 bridgehead atoms. The number of amides is 1. The van der Waals surface area contributed by atoms with Gasteiger partial charge in [-0.2, -0.15) is 0 Å². The molecule has 3 fully saturated rings. The highest BCUT2D eigenvalue weighted by molar-refractivity contribution is 5.79. The molecule has 4 heteroatoms. The van der Waals surface area contributed by atoms with E-state index in [0.717, 1.165) is 19.1 Å². The van der Waals surface area contributed by atoms with Crippen molar-refractivity contribution < 1.29 is 4.79 Å². The number of piperidine rings is 1. The summed E-state index contributed by atoms with van der Waals surface area (Å²) >= 11 is 0. The van der Waals surface area contributed by atoms with Gasteiger partial charge in [-0.1, -0.05) is 0 Å². The van der Waals surface area contributed by atoms with Gasteiger partial charge in [-0.25, -0.2) is 0 Å². The highest BCUT2D eigenvalue weighted by Crippen LogP contribution is 2.29. The molecule has 3 aliphatic heterocycles. The van der Waals surface area contributed by atoms with Gasteiger partial charge in [-0.05, 0) is 32.2 Å². The summed E-state index contributed by atoms with van der Waals surface area (Å²) in [6, 6.07) is 1.29. The first kappa shape index (κ1) is 10.5. The lowest BCUT2D eigenvalue weighted by atomic mass is 9.95. The number of hydrogen-bond acceptors (Lipinski definition) is 3. The molecule has 0 spiro atoms. The molecule has 4 nitrogen and oxygen atoms in total. The Morgan fingerprint density at radius 2 is 2.06 bits per heavy atom. The summed E-state index contributed by atoms with van der Waals surface area (Å²) in [6.07, 6.45) is 5.09. The Morgan fingerprint density at radius 3 is 2.94 bits per heavy atom. The zero-order chi connectivity index (χ0) is 11.0. The van der Waals surface area contributed by atoms with Crippen LogP contribution in [-0.4, -0.2) is 60.5 Å². The van der Waals surface area contributed by atoms with Crippen molar-refractivity contribution in [3.63, 3.8) is 0 Å². The Morgan fingerprint density at radius 1 is 1.12 bits per heavy atom. The zero-order valence-electron chi connectivity index (χ0n) is 9.82. The number of rotatable bonds is 1. The topological polar surface area (TPSA) is 35.6 Å². The number of hydrogen-bond donors (Lipinski definition) is 1. The van der Waals surface area contributed by atoms with Crippen molar-refractivity contribution in [1.82, 2.24) is 15.1 Å². The van der Waals surface area contributed by atoms with Crippen molar-refractivity contribution >= 4 is 5.91 Å². The van der Waals surface area contributed by atoms with Crippen LogP contribution in [0.15, 0.2) is 0 Å². The van der Waals surface area contributed by atoms with Crippen molar-refractivity contribution in [2.24, 2.45) is 0 Å². The van der Waals surface area contributed by atoms with Gasteiger partial charge in [-0.15, -0.1) is 0 Å². The van der Waals surface area contributed by atoms with Gasteiger partial charge in [0.2, 0.25) is 5.91 Å². The number of carbonyl (C=O) groups is 1. The monoisotopic (exact) mass is 223 g/mol. The second kappa shape index (κ2) is 4.34. The van der Waals surface area contributed by atoms with Crippen LogP contribution in [0, 0.1) is 0 Å². The number of nitrogens with zero attached hydrogens (tertiary/aromatic N) is 2. The van der Waals surface area contributed by atoms with Gasteiger partial charge >= 0.3 is 0 Å². The van der Waals surface area contributed by atoms with Crippen LogP contribution in [0.1, 0.15) is 25.7 Å². The minimum atomic E-state index is 0.308. The molecule has 2 unspecified atom stereocenters. The van der Waals surface area contributed by atoms with E-state index < -0.39 is 0 Å². The van der Waals surface area contributed by atoms with Crippen LogP contribution in [0.3, 0.4) is 0 Å². The van der Waals surface area contributed by atoms with Crippen molar-refractivity contribution in [2.75, 3.05) is 32.7 Å². The van der Waals surface area contributed by atoms with Crippen molar-refractivity contribution in [3.05, 3.63) is 0 Å². The first-order valence-electron chi connectivity index (χ1n) is 6.59. The van der Waals surface area contributed by atoms with E-state index in [4.69, 9.17) is 0 Å². The average Bonchev–Trinajstić information content (AvgIpc) is 2.76. The Balaban J connectivity index is 1.64. The molecular formula is C12H21N3O. The Bertz CT molecular complexity index is 281. The van der Waals surface area contributed by atoms with Gasteiger partial charge in [0.05, 0.1) is 6.54 Å². The molecule has 16 heavy (non-hydrogen) atoms. The Labute approximate surface area is 97.0 Å². The zero-order valence-corrected chi connectivity index (χ0v) is 9.82. The normalized spacial score (nSPS) is 36.5. The predicted octanol–water partition coefficient (Wildman–Crippen LogP) is 0.0450. The highest BCUT2D eigenvalue weighted by atomic mass is 16.2. The molecule has 0 aliphatic carbocycles. The van der Waals surface area contributed by atoms with E-state index in [9.17, 15) is 4.79 Å². The van der Waals surface area contributed by atoms with Crippen LogP contribution in [-0.2, 0) is 4.79 Å². The Kier molecular flexibility index (Phi) is 2.86. The molecular weight excluding hydrogens is 202 g/mol. The van der Waals surface area contributed by atoms with E-state index in [2.05, 4.69) is 15.1 Å². The molecule has 3 saturated heterocycles. The highest BCUT2D eigenvalue weighted by Gasteiger charge is 2.36. The molecule has 0 saturated carbocycles. The van der Waals surface area contributed by atoms with Gasteiger partial charge in [-0.3, -0.25) is 4.79 Å². The van der Waals surface area contributed by atoms with E-state index in [1.165, 1.54) is 38.8 Å². The minimum Gasteiger partial charge on any atom is -0.337 e. The second-order valence-corrected chi connectivity index (χ2v) is 5.27. The quantitative estimate of drug-likeness (QED) is 0.682. The van der Waals surface area contributed by atoms with Crippen LogP contribution in [0.2, 0.25) is 0 Å². The first-order chi connectivity index (χ1) is 7.84. The molecule has 2 atom stereocenters. The molecule has 3 heterocycles. The molecule has 3 rings (SSSR count). The first-order valence-corrected chi connectivity index (χ1v) is 6.59. The smallest absolute Gasteiger partial charge is 0.236 e. The summed E-state index contributed by atoms with van der Waals surface area (Å²) in [7, 11) is 0. The molecule has 0 aromatic heterocycles. The number of fused-ring (bicyclic) bond motifs is 1. The van der Waals surface area contributed by atoms with Gasteiger partial charge in [0.25, 0.3) is 0 Å². The summed E-state index contributed by atoms with van der Waals surface area (Å²) < 4.78 is 0. The lowest BCUT2D eigenvalue weighted by molar-refractivity contribution is -0.135. The van der Waals surface area contributed by atoms with Gasteiger partial charge in [0.15, 0.2) is 0 Å². The van der Waals surface area contributed by atoms with E-state index >= 15 is 0 Å². The van der Waals surface area contributed by atoms with Crippen LogP contribution in [0.5, 0.6) is 0 Å². The van der Waals surface area contributed by atoms with Crippen molar-refractivity contribution in [3.8, 4) is 0 Å². The lowest BCUT2D eigenvalue weighted by Crippen LogP contribution is -2.56. The summed E-state index contributed by atoms with van der Waals surface area (Å²) in [6.45, 7) is 4.91. The lowest BCUT2D eigenvalue weighted by Gasteiger charge is -2.42. The minimum absolute atomic E-state index is 0.308. The maximum absolute atomic E-state index is 11.8. The number of carbonyl (C=O) groups excluding carboxylic acids is 1. The van der Waals surface area contributed by atoms with Crippen LogP contribution in [0.25, 0.3) is 0 Å².